The number of hydrogen-bond donors (Lipinski definition) is 1. The highest BCUT2D eigenvalue weighted by Crippen LogP contribution is 2.27. The number of ether oxygens (including phenoxy) is 1. The number of rotatable bonds is 4. The van der Waals surface area contributed by atoms with E-state index >= 15 is 0 Å². The molecule has 3 rings (SSSR count). The molecule has 7 heteroatoms. The van der Waals surface area contributed by atoms with Crippen LogP contribution in [0.25, 0.3) is 0 Å². The average Bonchev–Trinajstić information content (AvgIpc) is 2.58. The van der Waals surface area contributed by atoms with E-state index in [4.69, 9.17) is 4.74 Å². The lowest BCUT2D eigenvalue weighted by atomic mass is 10.1. The Balaban J connectivity index is 1.82. The zero-order valence-electron chi connectivity index (χ0n) is 12.2. The molecular weight excluding hydrogens is 301 g/mol. The molecule has 2 aromatic carbocycles. The van der Waals surface area contributed by atoms with Gasteiger partial charge in [-0.1, -0.05) is 6.07 Å². The van der Waals surface area contributed by atoms with Gasteiger partial charge in [-0.2, -0.15) is 0 Å². The molecule has 6 nitrogen and oxygen atoms in total. The van der Waals surface area contributed by atoms with Gasteiger partial charge in [-0.05, 0) is 30.7 Å². The Morgan fingerprint density at radius 3 is 2.83 bits per heavy atom. The molecule has 0 aromatic heterocycles. The maximum absolute atomic E-state index is 14.2. The summed E-state index contributed by atoms with van der Waals surface area (Å²) in [5.74, 6) is 0.325. The topological polar surface area (TPSA) is 76.8 Å². The van der Waals surface area contributed by atoms with Crippen LogP contribution in [0.1, 0.15) is 12.0 Å². The van der Waals surface area contributed by atoms with E-state index in [0.29, 0.717) is 11.4 Å². The summed E-state index contributed by atoms with van der Waals surface area (Å²) in [6, 6.07) is 10.1. The molecule has 118 valence electrons. The second-order valence-electron chi connectivity index (χ2n) is 5.01. The van der Waals surface area contributed by atoms with Gasteiger partial charge in [0.25, 0.3) is 5.69 Å². The van der Waals surface area contributed by atoms with Crippen molar-refractivity contribution in [3.63, 3.8) is 0 Å². The lowest BCUT2D eigenvalue weighted by molar-refractivity contribution is -0.384. The molecule has 1 aliphatic heterocycles. The highest BCUT2D eigenvalue weighted by molar-refractivity contribution is 5.99. The quantitative estimate of drug-likeness (QED) is 0.694. The maximum atomic E-state index is 14.2. The van der Waals surface area contributed by atoms with Crippen LogP contribution < -0.4 is 10.1 Å². The average molecular weight is 315 g/mol. The molecular formula is C16H14FN3O3. The summed E-state index contributed by atoms with van der Waals surface area (Å²) in [6.45, 7) is 1.53. The molecule has 0 aliphatic carbocycles. The van der Waals surface area contributed by atoms with Crippen LogP contribution in [0.3, 0.4) is 0 Å². The Morgan fingerprint density at radius 2 is 2.13 bits per heavy atom. The van der Waals surface area contributed by atoms with Crippen molar-refractivity contribution in [2.45, 2.75) is 6.42 Å². The molecule has 1 heterocycles. The number of benzene rings is 2. The Morgan fingerprint density at radius 1 is 1.26 bits per heavy atom. The Hall–Kier alpha value is -2.96. The maximum Gasteiger partial charge on any atom is 0.273 e. The molecule has 0 bridgehead atoms. The zero-order chi connectivity index (χ0) is 16.2. The van der Waals surface area contributed by atoms with Crippen LogP contribution in [-0.2, 0) is 0 Å². The van der Waals surface area contributed by atoms with E-state index < -0.39 is 10.7 Å². The smallest absolute Gasteiger partial charge is 0.273 e. The van der Waals surface area contributed by atoms with Crippen LogP contribution in [0.5, 0.6) is 11.5 Å². The minimum atomic E-state index is -0.552. The summed E-state index contributed by atoms with van der Waals surface area (Å²) in [7, 11) is 0. The molecule has 0 unspecified atom stereocenters. The number of amidine groups is 1. The summed E-state index contributed by atoms with van der Waals surface area (Å²) >= 11 is 0. The number of non-ortho nitro benzene ring substituents is 1. The number of aliphatic imine (C=N–C) groups is 1. The Kier molecular flexibility index (Phi) is 4.18. The van der Waals surface area contributed by atoms with Gasteiger partial charge in [0.1, 0.15) is 11.6 Å². The first-order valence-corrected chi connectivity index (χ1v) is 7.14. The van der Waals surface area contributed by atoms with Crippen molar-refractivity contribution in [2.75, 3.05) is 13.1 Å². The van der Waals surface area contributed by atoms with Gasteiger partial charge >= 0.3 is 0 Å². The predicted molar refractivity (Wildman–Crippen MR) is 83.6 cm³/mol. The lowest BCUT2D eigenvalue weighted by Gasteiger charge is -2.15. The first-order valence-electron chi connectivity index (χ1n) is 7.14. The van der Waals surface area contributed by atoms with Crippen molar-refractivity contribution < 1.29 is 14.1 Å². The number of halogens is 1. The summed E-state index contributed by atoms with van der Waals surface area (Å²) in [4.78, 5) is 14.5. The lowest BCUT2D eigenvalue weighted by Crippen LogP contribution is -2.30. The molecule has 0 saturated carbocycles. The number of nitro groups is 1. The summed E-state index contributed by atoms with van der Waals surface area (Å²) in [5, 5.41) is 13.9. The second kappa shape index (κ2) is 6.43. The highest BCUT2D eigenvalue weighted by atomic mass is 19.1. The van der Waals surface area contributed by atoms with Crippen LogP contribution in [-0.4, -0.2) is 23.8 Å². The van der Waals surface area contributed by atoms with Gasteiger partial charge in [0, 0.05) is 24.7 Å². The Bertz CT molecular complexity index is 777. The van der Waals surface area contributed by atoms with E-state index in [1.165, 1.54) is 36.4 Å². The molecule has 0 amide bonds. The molecule has 2 aromatic rings. The fourth-order valence-corrected chi connectivity index (χ4v) is 2.24. The number of nitrogens with one attached hydrogen (secondary N) is 1. The monoisotopic (exact) mass is 315 g/mol. The van der Waals surface area contributed by atoms with E-state index in [1.54, 1.807) is 6.07 Å². The van der Waals surface area contributed by atoms with Crippen molar-refractivity contribution in [3.05, 3.63) is 64.0 Å². The van der Waals surface area contributed by atoms with Gasteiger partial charge in [0.15, 0.2) is 11.6 Å². The molecule has 0 spiro atoms. The first kappa shape index (κ1) is 15.0. The minimum Gasteiger partial charge on any atom is -0.454 e. The SMILES string of the molecule is O=[N+]([O-])c1cccc(Oc2ccc(C3=NCCCN3)cc2F)c1. The first-order chi connectivity index (χ1) is 11.1. The van der Waals surface area contributed by atoms with Crippen molar-refractivity contribution >= 4 is 11.5 Å². The Labute approximate surface area is 131 Å². The second-order valence-corrected chi connectivity index (χ2v) is 5.01. The van der Waals surface area contributed by atoms with E-state index in [1.807, 2.05) is 0 Å². The van der Waals surface area contributed by atoms with Crippen molar-refractivity contribution in [1.29, 1.82) is 0 Å². The van der Waals surface area contributed by atoms with Crippen LogP contribution in [0.4, 0.5) is 10.1 Å². The number of hydrogen-bond acceptors (Lipinski definition) is 5. The molecule has 23 heavy (non-hydrogen) atoms. The fourth-order valence-electron chi connectivity index (χ4n) is 2.24. The van der Waals surface area contributed by atoms with E-state index in [2.05, 4.69) is 10.3 Å². The van der Waals surface area contributed by atoms with Crippen LogP contribution in [0.2, 0.25) is 0 Å². The van der Waals surface area contributed by atoms with Crippen molar-refractivity contribution in [2.24, 2.45) is 4.99 Å². The van der Waals surface area contributed by atoms with E-state index in [-0.39, 0.29) is 17.2 Å². The van der Waals surface area contributed by atoms with Gasteiger partial charge in [-0.15, -0.1) is 0 Å². The summed E-state index contributed by atoms with van der Waals surface area (Å²) in [6.07, 6.45) is 0.958. The van der Waals surface area contributed by atoms with E-state index in [9.17, 15) is 14.5 Å². The van der Waals surface area contributed by atoms with Gasteiger partial charge in [-0.3, -0.25) is 15.1 Å². The largest absolute Gasteiger partial charge is 0.454 e. The summed E-state index contributed by atoms with van der Waals surface area (Å²) < 4.78 is 19.6. The third kappa shape index (κ3) is 3.45. The third-order valence-corrected chi connectivity index (χ3v) is 3.36. The van der Waals surface area contributed by atoms with Gasteiger partial charge < -0.3 is 10.1 Å². The van der Waals surface area contributed by atoms with E-state index in [0.717, 1.165) is 19.5 Å². The van der Waals surface area contributed by atoms with Crippen LogP contribution >= 0.6 is 0 Å². The zero-order valence-corrected chi connectivity index (χ0v) is 12.2. The fraction of sp³-hybridized carbons (Fsp3) is 0.188. The molecule has 1 aliphatic rings. The normalized spacial score (nSPS) is 13.9. The predicted octanol–water partition coefficient (Wildman–Crippen LogP) is 3.27. The summed E-state index contributed by atoms with van der Waals surface area (Å²) in [5.41, 5.74) is 0.536. The van der Waals surface area contributed by atoms with Crippen LogP contribution in [0, 0.1) is 15.9 Å². The van der Waals surface area contributed by atoms with Crippen molar-refractivity contribution in [3.8, 4) is 11.5 Å². The molecule has 0 atom stereocenters. The standard InChI is InChI=1S/C16H14FN3O3/c17-14-9-11(16-18-7-2-8-19-16)5-6-15(14)23-13-4-1-3-12(10-13)20(21)22/h1,3-6,9-10H,2,7-8H2,(H,18,19). The number of nitro benzene ring substituents is 1. The molecule has 0 radical (unpaired) electrons. The molecule has 1 N–H and O–H groups in total. The molecule has 0 saturated heterocycles. The molecule has 0 fully saturated rings. The van der Waals surface area contributed by atoms with Gasteiger partial charge in [0.05, 0.1) is 11.0 Å². The number of nitrogens with zero attached hydrogens (tertiary/aromatic N) is 2. The minimum absolute atomic E-state index is 0.00524. The van der Waals surface area contributed by atoms with Gasteiger partial charge in [0.2, 0.25) is 0 Å². The van der Waals surface area contributed by atoms with Gasteiger partial charge in [-0.25, -0.2) is 4.39 Å². The van der Waals surface area contributed by atoms with Crippen LogP contribution in [0.15, 0.2) is 47.5 Å². The van der Waals surface area contributed by atoms with Crippen molar-refractivity contribution in [1.82, 2.24) is 5.32 Å². The third-order valence-electron chi connectivity index (χ3n) is 3.36. The highest BCUT2D eigenvalue weighted by Gasteiger charge is 2.13.